The second-order valence-electron chi connectivity index (χ2n) is 4.14. The first-order valence-corrected chi connectivity index (χ1v) is 5.23. The zero-order chi connectivity index (χ0) is 10.2. The highest BCUT2D eigenvalue weighted by Crippen LogP contribution is 2.53. The summed E-state index contributed by atoms with van der Waals surface area (Å²) in [7, 11) is 0. The quantitative estimate of drug-likeness (QED) is 0.684. The lowest BCUT2D eigenvalue weighted by Gasteiger charge is -2.08. The van der Waals surface area contributed by atoms with Crippen LogP contribution in [0.2, 0.25) is 0 Å². The number of rotatable bonds is 3. The molecular formula is C11H17N3. The molecule has 3 nitrogen and oxygen atoms in total. The third-order valence-electron chi connectivity index (χ3n) is 3.10. The average molecular weight is 191 g/mol. The van der Waals surface area contributed by atoms with Gasteiger partial charge in [-0.1, -0.05) is 30.4 Å². The van der Waals surface area contributed by atoms with Gasteiger partial charge in [0.2, 0.25) is 0 Å². The summed E-state index contributed by atoms with van der Waals surface area (Å²) in [5.41, 5.74) is 4.60. The first kappa shape index (κ1) is 9.44. The normalized spacial score (nSPS) is 40.1. The van der Waals surface area contributed by atoms with E-state index in [4.69, 9.17) is 0 Å². The van der Waals surface area contributed by atoms with Crippen molar-refractivity contribution in [2.45, 2.75) is 38.8 Å². The van der Waals surface area contributed by atoms with Crippen molar-refractivity contribution >= 4 is 0 Å². The van der Waals surface area contributed by atoms with E-state index in [9.17, 15) is 0 Å². The van der Waals surface area contributed by atoms with Crippen LogP contribution < -0.4 is 5.43 Å². The predicted octanol–water partition coefficient (Wildman–Crippen LogP) is 2.63. The van der Waals surface area contributed by atoms with Gasteiger partial charge in [0.05, 0.1) is 5.54 Å². The molecule has 0 aromatic heterocycles. The van der Waals surface area contributed by atoms with E-state index in [0.717, 1.165) is 6.42 Å². The minimum Gasteiger partial charge on any atom is -0.283 e. The lowest BCUT2D eigenvalue weighted by Crippen LogP contribution is -2.24. The number of hydrogen-bond donors (Lipinski definition) is 1. The van der Waals surface area contributed by atoms with Gasteiger partial charge >= 0.3 is 0 Å². The van der Waals surface area contributed by atoms with E-state index in [1.807, 2.05) is 0 Å². The van der Waals surface area contributed by atoms with Crippen LogP contribution in [0.4, 0.5) is 0 Å². The standard InChI is InChI=1S/C11H17N3/c1-4-6-8(7-5-2)9-10-11(9,3)13-14-12-10/h4,6-7,9-10H,5H2,1-3H3,(H,12,13)/b6-4-,8-7?/t9?,10-,11?/m0/s1. The monoisotopic (exact) mass is 191 g/mol. The Hall–Kier alpha value is -1.12. The fourth-order valence-corrected chi connectivity index (χ4v) is 2.27. The molecule has 1 saturated carbocycles. The zero-order valence-corrected chi connectivity index (χ0v) is 8.99. The van der Waals surface area contributed by atoms with Gasteiger partial charge < -0.3 is 0 Å². The molecule has 0 bridgehead atoms. The number of fused-ring (bicyclic) bond motifs is 1. The SMILES string of the molecule is C/C=C\C(=CCC)C1[C@@H]2N=NNC12C. The van der Waals surface area contributed by atoms with Gasteiger partial charge in [0.1, 0.15) is 6.04 Å². The van der Waals surface area contributed by atoms with Crippen molar-refractivity contribution in [1.82, 2.24) is 5.43 Å². The van der Waals surface area contributed by atoms with Crippen LogP contribution in [0.15, 0.2) is 34.1 Å². The molecule has 76 valence electrons. The maximum absolute atomic E-state index is 4.19. The largest absolute Gasteiger partial charge is 0.283 e. The van der Waals surface area contributed by atoms with Gasteiger partial charge in [-0.3, -0.25) is 5.43 Å². The molecule has 3 heteroatoms. The van der Waals surface area contributed by atoms with Crippen molar-refractivity contribution in [2.75, 3.05) is 0 Å². The van der Waals surface area contributed by atoms with Crippen molar-refractivity contribution in [1.29, 1.82) is 0 Å². The summed E-state index contributed by atoms with van der Waals surface area (Å²) in [5, 5.41) is 8.05. The molecule has 0 saturated heterocycles. The van der Waals surface area contributed by atoms with E-state index in [0.29, 0.717) is 12.0 Å². The summed E-state index contributed by atoms with van der Waals surface area (Å²) in [5.74, 6) is 0.524. The molecule has 0 spiro atoms. The molecule has 1 aliphatic heterocycles. The molecule has 1 N–H and O–H groups in total. The summed E-state index contributed by atoms with van der Waals surface area (Å²) < 4.78 is 0. The molecule has 1 fully saturated rings. The highest BCUT2D eigenvalue weighted by molar-refractivity contribution is 5.39. The van der Waals surface area contributed by atoms with Crippen LogP contribution in [-0.4, -0.2) is 11.6 Å². The van der Waals surface area contributed by atoms with Gasteiger partial charge in [-0.15, -0.1) is 0 Å². The Morgan fingerprint density at radius 1 is 1.57 bits per heavy atom. The molecular weight excluding hydrogens is 174 g/mol. The Morgan fingerprint density at radius 2 is 2.36 bits per heavy atom. The molecule has 14 heavy (non-hydrogen) atoms. The van der Waals surface area contributed by atoms with Crippen molar-refractivity contribution in [3.05, 3.63) is 23.8 Å². The zero-order valence-electron chi connectivity index (χ0n) is 8.99. The third-order valence-corrected chi connectivity index (χ3v) is 3.10. The highest BCUT2D eigenvalue weighted by atomic mass is 15.5. The van der Waals surface area contributed by atoms with Crippen LogP contribution in [0.3, 0.4) is 0 Å². The fourth-order valence-electron chi connectivity index (χ4n) is 2.27. The molecule has 2 unspecified atom stereocenters. The van der Waals surface area contributed by atoms with Crippen molar-refractivity contribution in [2.24, 2.45) is 16.3 Å². The predicted molar refractivity (Wildman–Crippen MR) is 56.9 cm³/mol. The first-order valence-electron chi connectivity index (χ1n) is 5.23. The van der Waals surface area contributed by atoms with Crippen molar-refractivity contribution in [3.8, 4) is 0 Å². The second-order valence-corrected chi connectivity index (χ2v) is 4.14. The molecule has 3 atom stereocenters. The van der Waals surface area contributed by atoms with E-state index >= 15 is 0 Å². The van der Waals surface area contributed by atoms with E-state index in [-0.39, 0.29) is 5.54 Å². The van der Waals surface area contributed by atoms with Gasteiger partial charge in [-0.2, -0.15) is 5.11 Å². The van der Waals surface area contributed by atoms with E-state index in [1.165, 1.54) is 5.57 Å². The lowest BCUT2D eigenvalue weighted by atomic mass is 10.1. The summed E-state index contributed by atoms with van der Waals surface area (Å²) >= 11 is 0. The smallest absolute Gasteiger partial charge is 0.107 e. The minimum absolute atomic E-state index is 0.0977. The Morgan fingerprint density at radius 3 is 2.86 bits per heavy atom. The molecule has 1 heterocycles. The number of hydrogen-bond acceptors (Lipinski definition) is 3. The van der Waals surface area contributed by atoms with Gasteiger partial charge in [0, 0.05) is 5.92 Å². The molecule has 0 radical (unpaired) electrons. The van der Waals surface area contributed by atoms with Gasteiger partial charge in [-0.25, -0.2) is 0 Å². The Kier molecular flexibility index (Phi) is 2.17. The molecule has 0 amide bonds. The topological polar surface area (TPSA) is 36.8 Å². The molecule has 0 aromatic rings. The summed E-state index contributed by atoms with van der Waals surface area (Å²) in [6, 6.07) is 0.358. The maximum Gasteiger partial charge on any atom is 0.107 e. The van der Waals surface area contributed by atoms with Crippen LogP contribution >= 0.6 is 0 Å². The molecule has 1 aliphatic carbocycles. The van der Waals surface area contributed by atoms with Crippen LogP contribution in [0.5, 0.6) is 0 Å². The summed E-state index contributed by atoms with van der Waals surface area (Å²) in [4.78, 5) is 0. The van der Waals surface area contributed by atoms with Crippen LogP contribution in [0.1, 0.15) is 27.2 Å². The number of nitrogens with zero attached hydrogens (tertiary/aromatic N) is 2. The third kappa shape index (κ3) is 1.19. The Labute approximate surface area is 85.0 Å². The number of nitrogens with one attached hydrogen (secondary N) is 1. The molecule has 0 aromatic carbocycles. The average Bonchev–Trinajstić information content (AvgIpc) is 2.51. The first-order chi connectivity index (χ1) is 6.74. The van der Waals surface area contributed by atoms with Crippen molar-refractivity contribution < 1.29 is 0 Å². The number of allylic oxidation sites excluding steroid dienone is 3. The Bertz CT molecular complexity index is 316. The van der Waals surface area contributed by atoms with Gasteiger partial charge in [0.25, 0.3) is 0 Å². The second kappa shape index (κ2) is 3.23. The Balaban J connectivity index is 2.16. The van der Waals surface area contributed by atoms with Gasteiger partial charge in [-0.05, 0) is 25.8 Å². The van der Waals surface area contributed by atoms with Crippen LogP contribution in [0, 0.1) is 5.92 Å². The maximum atomic E-state index is 4.19. The van der Waals surface area contributed by atoms with Crippen LogP contribution in [-0.2, 0) is 0 Å². The van der Waals surface area contributed by atoms with Crippen LogP contribution in [0.25, 0.3) is 0 Å². The fraction of sp³-hybridized carbons (Fsp3) is 0.636. The summed E-state index contributed by atoms with van der Waals surface area (Å²) in [6.45, 7) is 6.41. The van der Waals surface area contributed by atoms with Crippen molar-refractivity contribution in [3.63, 3.8) is 0 Å². The highest BCUT2D eigenvalue weighted by Gasteiger charge is 2.66. The van der Waals surface area contributed by atoms with E-state index in [2.05, 4.69) is 54.8 Å². The molecule has 2 aliphatic rings. The van der Waals surface area contributed by atoms with E-state index in [1.54, 1.807) is 0 Å². The van der Waals surface area contributed by atoms with Gasteiger partial charge in [0.15, 0.2) is 0 Å². The summed E-state index contributed by atoms with van der Waals surface area (Å²) in [6.07, 6.45) is 7.65. The van der Waals surface area contributed by atoms with E-state index < -0.39 is 0 Å². The lowest BCUT2D eigenvalue weighted by molar-refractivity contribution is 0.544. The minimum atomic E-state index is 0.0977. The molecule has 2 rings (SSSR count).